The Morgan fingerprint density at radius 3 is 2.15 bits per heavy atom. The number of hydrogen-bond acceptors (Lipinski definition) is 5. The lowest BCUT2D eigenvalue weighted by Gasteiger charge is -2.39. The Bertz CT molecular complexity index is 1030. The molecule has 1 aromatic carbocycles. The molecule has 3 heterocycles. The molecule has 1 aliphatic rings. The van der Waals surface area contributed by atoms with Crippen LogP contribution in [0.3, 0.4) is 0 Å². The van der Waals surface area contributed by atoms with E-state index < -0.39 is 22.2 Å². The van der Waals surface area contributed by atoms with Gasteiger partial charge in [-0.1, -0.05) is 18.2 Å². The normalized spacial score (nSPS) is 21.5. The van der Waals surface area contributed by atoms with Gasteiger partial charge in [0.1, 0.15) is 0 Å². The molecule has 0 spiro atoms. The molecule has 2 aromatic heterocycles. The van der Waals surface area contributed by atoms with E-state index in [1.807, 2.05) is 12.1 Å². The van der Waals surface area contributed by atoms with E-state index >= 15 is 0 Å². The molecule has 3 aromatic rings. The van der Waals surface area contributed by atoms with Gasteiger partial charge in [0.2, 0.25) is 10.0 Å². The molecule has 138 valence electrons. The highest BCUT2D eigenvalue weighted by atomic mass is 32.2. The largest absolute Gasteiger partial charge is 0.387 e. The third-order valence-electron chi connectivity index (χ3n) is 4.84. The van der Waals surface area contributed by atoms with Crippen molar-refractivity contribution in [2.75, 3.05) is 0 Å². The molecular formula is C20H19N3O3S. The summed E-state index contributed by atoms with van der Waals surface area (Å²) < 4.78 is 28.1. The number of fused-ring (bicyclic) bond motifs is 1. The number of sulfonamides is 1. The van der Waals surface area contributed by atoms with Crippen molar-refractivity contribution in [3.8, 4) is 0 Å². The zero-order chi connectivity index (χ0) is 18.9. The average molecular weight is 381 g/mol. The van der Waals surface area contributed by atoms with Crippen molar-refractivity contribution >= 4 is 10.0 Å². The summed E-state index contributed by atoms with van der Waals surface area (Å²) >= 11 is 0. The SMILES string of the molecule is O=S1(=O)c2ccccc2[C@H](O)[C@H](Cc2ccncc2)N1Cc1ccncc1. The molecule has 0 fully saturated rings. The van der Waals surface area contributed by atoms with Crippen LogP contribution in [0.4, 0.5) is 0 Å². The molecule has 0 unspecified atom stereocenters. The monoisotopic (exact) mass is 381 g/mol. The number of benzene rings is 1. The summed E-state index contributed by atoms with van der Waals surface area (Å²) in [6.07, 6.45) is 6.07. The van der Waals surface area contributed by atoms with Crippen LogP contribution < -0.4 is 0 Å². The predicted molar refractivity (Wildman–Crippen MR) is 100 cm³/mol. The van der Waals surface area contributed by atoms with Crippen LogP contribution in [0.1, 0.15) is 22.8 Å². The Labute approximate surface area is 158 Å². The highest BCUT2D eigenvalue weighted by Gasteiger charge is 2.43. The van der Waals surface area contributed by atoms with Gasteiger partial charge in [-0.25, -0.2) is 8.42 Å². The first kappa shape index (κ1) is 17.8. The fraction of sp³-hybridized carbons (Fsp3) is 0.200. The lowest BCUT2D eigenvalue weighted by molar-refractivity contribution is 0.0769. The highest BCUT2D eigenvalue weighted by molar-refractivity contribution is 7.89. The Morgan fingerprint density at radius 2 is 1.48 bits per heavy atom. The Morgan fingerprint density at radius 1 is 0.889 bits per heavy atom. The minimum absolute atomic E-state index is 0.164. The first-order chi connectivity index (χ1) is 13.1. The number of aliphatic hydroxyl groups is 1. The lowest BCUT2D eigenvalue weighted by atomic mass is 9.95. The molecule has 6 nitrogen and oxygen atoms in total. The van der Waals surface area contributed by atoms with Gasteiger partial charge in [0.25, 0.3) is 0 Å². The predicted octanol–water partition coefficient (Wildman–Crippen LogP) is 2.33. The van der Waals surface area contributed by atoms with Crippen LogP contribution in [-0.2, 0) is 23.0 Å². The van der Waals surface area contributed by atoms with E-state index in [9.17, 15) is 13.5 Å². The van der Waals surface area contributed by atoms with Crippen molar-refractivity contribution in [2.24, 2.45) is 0 Å². The molecular weight excluding hydrogens is 362 g/mol. The molecule has 27 heavy (non-hydrogen) atoms. The molecule has 0 radical (unpaired) electrons. The lowest BCUT2D eigenvalue weighted by Crippen LogP contribution is -2.48. The second-order valence-electron chi connectivity index (χ2n) is 6.52. The second kappa shape index (κ2) is 7.19. The van der Waals surface area contributed by atoms with Crippen molar-refractivity contribution in [2.45, 2.75) is 30.0 Å². The number of hydrogen-bond donors (Lipinski definition) is 1. The Kier molecular flexibility index (Phi) is 4.73. The summed E-state index contributed by atoms with van der Waals surface area (Å²) in [7, 11) is -3.75. The van der Waals surface area contributed by atoms with E-state index in [2.05, 4.69) is 9.97 Å². The van der Waals surface area contributed by atoms with Crippen LogP contribution in [0.25, 0.3) is 0 Å². The van der Waals surface area contributed by atoms with Crippen LogP contribution in [-0.4, -0.2) is 33.8 Å². The number of aromatic nitrogens is 2. The summed E-state index contributed by atoms with van der Waals surface area (Å²) in [6, 6.07) is 13.3. The second-order valence-corrected chi connectivity index (χ2v) is 8.37. The third-order valence-corrected chi connectivity index (χ3v) is 6.79. The molecule has 1 N–H and O–H groups in total. The standard InChI is InChI=1S/C20H19N3O3S/c24-20-17-3-1-2-4-19(17)27(25,26)23(14-16-7-11-22-12-8-16)18(20)13-15-5-9-21-10-6-15/h1-12,18,20,24H,13-14H2/t18-,20-/m0/s1. The van der Waals surface area contributed by atoms with Crippen LogP contribution in [0, 0.1) is 0 Å². The number of nitrogens with zero attached hydrogens (tertiary/aromatic N) is 3. The number of rotatable bonds is 4. The molecule has 4 rings (SSSR count). The van der Waals surface area contributed by atoms with Crippen LogP contribution >= 0.6 is 0 Å². The van der Waals surface area contributed by atoms with Crippen molar-refractivity contribution in [1.82, 2.24) is 14.3 Å². The summed E-state index contributed by atoms with van der Waals surface area (Å²) in [5.41, 5.74) is 2.19. The van der Waals surface area contributed by atoms with E-state index in [0.717, 1.165) is 11.1 Å². The molecule has 0 amide bonds. The highest BCUT2D eigenvalue weighted by Crippen LogP contribution is 2.38. The fourth-order valence-corrected chi connectivity index (χ4v) is 5.33. The molecule has 0 aliphatic carbocycles. The Hall–Kier alpha value is -2.61. The van der Waals surface area contributed by atoms with Gasteiger partial charge in [0.15, 0.2) is 0 Å². The summed E-state index contributed by atoms with van der Waals surface area (Å²) in [5.74, 6) is 0. The van der Waals surface area contributed by atoms with Gasteiger partial charge in [-0.15, -0.1) is 0 Å². The summed E-state index contributed by atoms with van der Waals surface area (Å²) in [6.45, 7) is 0.173. The first-order valence-electron chi connectivity index (χ1n) is 8.64. The van der Waals surface area contributed by atoms with Gasteiger partial charge in [0.05, 0.1) is 17.0 Å². The van der Waals surface area contributed by atoms with Crippen molar-refractivity contribution in [3.05, 3.63) is 90.0 Å². The molecule has 1 aliphatic heterocycles. The van der Waals surface area contributed by atoms with Crippen molar-refractivity contribution in [3.63, 3.8) is 0 Å². The molecule has 0 saturated carbocycles. The molecule has 0 bridgehead atoms. The summed E-state index contributed by atoms with van der Waals surface area (Å²) in [4.78, 5) is 8.16. The smallest absolute Gasteiger partial charge is 0.244 e. The Balaban J connectivity index is 1.80. The van der Waals surface area contributed by atoms with Gasteiger partial charge >= 0.3 is 0 Å². The van der Waals surface area contributed by atoms with Crippen LogP contribution in [0.5, 0.6) is 0 Å². The van der Waals surface area contributed by atoms with Crippen LogP contribution in [0.2, 0.25) is 0 Å². The minimum Gasteiger partial charge on any atom is -0.387 e. The van der Waals surface area contributed by atoms with E-state index in [0.29, 0.717) is 12.0 Å². The topological polar surface area (TPSA) is 83.4 Å². The van der Waals surface area contributed by atoms with Crippen LogP contribution in [0.15, 0.2) is 78.2 Å². The third kappa shape index (κ3) is 3.37. The fourth-order valence-electron chi connectivity index (χ4n) is 3.47. The van der Waals surface area contributed by atoms with E-state index in [1.54, 1.807) is 61.2 Å². The quantitative estimate of drug-likeness (QED) is 0.750. The van der Waals surface area contributed by atoms with E-state index in [-0.39, 0.29) is 11.4 Å². The maximum absolute atomic E-state index is 13.3. The van der Waals surface area contributed by atoms with E-state index in [4.69, 9.17) is 0 Å². The maximum Gasteiger partial charge on any atom is 0.244 e. The minimum atomic E-state index is -3.75. The maximum atomic E-state index is 13.3. The van der Waals surface area contributed by atoms with Gasteiger partial charge in [-0.05, 0) is 47.9 Å². The van der Waals surface area contributed by atoms with E-state index in [1.165, 1.54) is 4.31 Å². The van der Waals surface area contributed by atoms with Gasteiger partial charge < -0.3 is 5.11 Å². The molecule has 0 saturated heterocycles. The number of aliphatic hydroxyl groups excluding tert-OH is 1. The zero-order valence-corrected chi connectivity index (χ0v) is 15.3. The van der Waals surface area contributed by atoms with Gasteiger partial charge in [-0.3, -0.25) is 9.97 Å². The first-order valence-corrected chi connectivity index (χ1v) is 10.1. The molecule has 2 atom stereocenters. The van der Waals surface area contributed by atoms with Gasteiger partial charge in [-0.2, -0.15) is 4.31 Å². The zero-order valence-electron chi connectivity index (χ0n) is 14.5. The summed E-state index contributed by atoms with van der Waals surface area (Å²) in [5, 5.41) is 11.0. The van der Waals surface area contributed by atoms with Crippen molar-refractivity contribution in [1.29, 1.82) is 0 Å². The molecule has 7 heteroatoms. The average Bonchev–Trinajstić information content (AvgIpc) is 2.71. The number of pyridine rings is 2. The van der Waals surface area contributed by atoms with Gasteiger partial charge in [0, 0.05) is 36.9 Å². The van der Waals surface area contributed by atoms with Crippen molar-refractivity contribution < 1.29 is 13.5 Å².